The van der Waals surface area contributed by atoms with Crippen LogP contribution in [0, 0.1) is 0 Å². The molecule has 9 heteroatoms. The Kier molecular flexibility index (Phi) is 10.4. The predicted octanol–water partition coefficient (Wildman–Crippen LogP) is -1.17. The minimum Gasteiger partial charge on any atom is -0.481 e. The van der Waals surface area contributed by atoms with E-state index < -0.39 is 24.3 Å². The molecule has 0 aliphatic carbocycles. The molecular formula is C11H22N2O6S. The fraction of sp³-hybridized carbons (Fsp3) is 0.818. The summed E-state index contributed by atoms with van der Waals surface area (Å²) in [7, 11) is 1.83. The van der Waals surface area contributed by atoms with Crippen molar-refractivity contribution < 1.29 is 29.1 Å². The first-order valence-corrected chi connectivity index (χ1v) is 6.58. The molecule has 20 heavy (non-hydrogen) atoms. The molecule has 0 aromatic heterocycles. The normalized spacial score (nSPS) is 12.7. The third-order valence-electron chi connectivity index (χ3n) is 2.63. The molecule has 0 heterocycles. The standard InChI is InChI=1S/C11H22N2O6S/c1-13(6-3-9(14)15)5-2-4-12-8(7-10(16)17)11(18)19-20/h8-9,12,14-15,20H,2-7H2,1H3,(H,16,17). The van der Waals surface area contributed by atoms with E-state index in [0.717, 1.165) is 0 Å². The smallest absolute Gasteiger partial charge is 0.335 e. The maximum absolute atomic E-state index is 11.3. The van der Waals surface area contributed by atoms with Gasteiger partial charge in [-0.2, -0.15) is 0 Å². The van der Waals surface area contributed by atoms with Crippen LogP contribution >= 0.6 is 12.9 Å². The molecule has 0 radical (unpaired) electrons. The van der Waals surface area contributed by atoms with Crippen LogP contribution in [0.2, 0.25) is 0 Å². The number of aliphatic carboxylic acids is 1. The Labute approximate surface area is 123 Å². The first-order valence-electron chi connectivity index (χ1n) is 6.22. The summed E-state index contributed by atoms with van der Waals surface area (Å²) in [6.07, 6.45) is -0.752. The van der Waals surface area contributed by atoms with Gasteiger partial charge in [0.25, 0.3) is 0 Å². The largest absolute Gasteiger partial charge is 0.481 e. The highest BCUT2D eigenvalue weighted by atomic mass is 32.1. The van der Waals surface area contributed by atoms with Crippen LogP contribution < -0.4 is 5.32 Å². The first kappa shape index (κ1) is 19.1. The van der Waals surface area contributed by atoms with Crippen molar-refractivity contribution in [2.24, 2.45) is 0 Å². The Hall–Kier alpha value is -0.870. The predicted molar refractivity (Wildman–Crippen MR) is 74.1 cm³/mol. The highest BCUT2D eigenvalue weighted by Crippen LogP contribution is 1.99. The summed E-state index contributed by atoms with van der Waals surface area (Å²) in [5.74, 6) is -1.83. The van der Waals surface area contributed by atoms with Crippen LogP contribution in [0.15, 0.2) is 0 Å². The number of hydrogen-bond acceptors (Lipinski definition) is 8. The number of carboxylic acid groups (broad SMARTS) is 1. The number of carboxylic acids is 1. The molecule has 118 valence electrons. The zero-order valence-electron chi connectivity index (χ0n) is 11.4. The molecule has 0 amide bonds. The summed E-state index contributed by atoms with van der Waals surface area (Å²) in [5, 5.41) is 28.9. The molecule has 0 aliphatic heterocycles. The summed E-state index contributed by atoms with van der Waals surface area (Å²) in [5.41, 5.74) is 0. The van der Waals surface area contributed by atoms with E-state index in [1.54, 1.807) is 0 Å². The number of carbonyl (C=O) groups is 2. The molecule has 0 rings (SSSR count). The van der Waals surface area contributed by atoms with Crippen LogP contribution in [-0.2, 0) is 13.8 Å². The second-order valence-corrected chi connectivity index (χ2v) is 4.62. The maximum atomic E-state index is 11.3. The second-order valence-electron chi connectivity index (χ2n) is 4.44. The molecule has 0 saturated heterocycles. The van der Waals surface area contributed by atoms with Crippen molar-refractivity contribution in [3.63, 3.8) is 0 Å². The molecule has 0 aromatic carbocycles. The van der Waals surface area contributed by atoms with Crippen molar-refractivity contribution in [1.29, 1.82) is 0 Å². The summed E-state index contributed by atoms with van der Waals surface area (Å²) in [6, 6.07) is -0.922. The van der Waals surface area contributed by atoms with E-state index in [-0.39, 0.29) is 12.8 Å². The van der Waals surface area contributed by atoms with E-state index in [0.29, 0.717) is 26.1 Å². The summed E-state index contributed by atoms with van der Waals surface area (Å²) in [4.78, 5) is 23.8. The van der Waals surface area contributed by atoms with Gasteiger partial charge in [-0.05, 0) is 26.6 Å². The first-order chi connectivity index (χ1) is 9.36. The number of aliphatic hydroxyl groups is 2. The molecule has 1 unspecified atom stereocenters. The zero-order valence-corrected chi connectivity index (χ0v) is 12.3. The quantitative estimate of drug-likeness (QED) is 0.140. The van der Waals surface area contributed by atoms with E-state index in [1.807, 2.05) is 11.9 Å². The van der Waals surface area contributed by atoms with Crippen molar-refractivity contribution in [2.45, 2.75) is 31.6 Å². The van der Waals surface area contributed by atoms with Gasteiger partial charge in [-0.25, -0.2) is 4.79 Å². The van der Waals surface area contributed by atoms with E-state index in [9.17, 15) is 9.59 Å². The van der Waals surface area contributed by atoms with Crippen molar-refractivity contribution in [2.75, 3.05) is 26.7 Å². The molecule has 1 atom stereocenters. The molecule has 0 aromatic rings. The number of hydrogen-bond donors (Lipinski definition) is 5. The summed E-state index contributed by atoms with van der Waals surface area (Å²) < 4.78 is 4.22. The molecule has 4 N–H and O–H groups in total. The van der Waals surface area contributed by atoms with Crippen molar-refractivity contribution in [3.8, 4) is 0 Å². The molecular weight excluding hydrogens is 288 g/mol. The van der Waals surface area contributed by atoms with Crippen molar-refractivity contribution >= 4 is 24.8 Å². The third kappa shape index (κ3) is 9.98. The Morgan fingerprint density at radius 2 is 2.00 bits per heavy atom. The zero-order chi connectivity index (χ0) is 15.5. The van der Waals surface area contributed by atoms with Crippen molar-refractivity contribution in [3.05, 3.63) is 0 Å². The van der Waals surface area contributed by atoms with Gasteiger partial charge in [-0.3, -0.25) is 4.79 Å². The average Bonchev–Trinajstić information content (AvgIpc) is 2.38. The van der Waals surface area contributed by atoms with Gasteiger partial charge in [-0.15, -0.1) is 0 Å². The van der Waals surface area contributed by atoms with Crippen molar-refractivity contribution in [1.82, 2.24) is 10.2 Å². The van der Waals surface area contributed by atoms with Crippen LogP contribution in [0.1, 0.15) is 19.3 Å². The lowest BCUT2D eigenvalue weighted by Gasteiger charge is -2.18. The number of aliphatic hydroxyl groups excluding tert-OH is 1. The van der Waals surface area contributed by atoms with Gasteiger partial charge in [0.1, 0.15) is 6.04 Å². The van der Waals surface area contributed by atoms with E-state index in [1.165, 1.54) is 0 Å². The minimum atomic E-state index is -1.32. The fourth-order valence-corrected chi connectivity index (χ4v) is 1.68. The van der Waals surface area contributed by atoms with E-state index >= 15 is 0 Å². The number of rotatable bonds is 11. The highest BCUT2D eigenvalue weighted by Gasteiger charge is 2.21. The van der Waals surface area contributed by atoms with Crippen LogP contribution in [0.3, 0.4) is 0 Å². The molecule has 0 saturated carbocycles. The van der Waals surface area contributed by atoms with Crippen LogP contribution in [0.4, 0.5) is 0 Å². The monoisotopic (exact) mass is 310 g/mol. The van der Waals surface area contributed by atoms with Gasteiger partial charge in [0.2, 0.25) is 0 Å². The summed E-state index contributed by atoms with van der Waals surface area (Å²) >= 11 is 3.36. The fourth-order valence-electron chi connectivity index (χ4n) is 1.55. The second kappa shape index (κ2) is 10.9. The number of thiol groups is 1. The molecule has 0 aliphatic rings. The van der Waals surface area contributed by atoms with Gasteiger partial charge in [0, 0.05) is 25.9 Å². The topological polar surface area (TPSA) is 119 Å². The lowest BCUT2D eigenvalue weighted by Crippen LogP contribution is -2.40. The van der Waals surface area contributed by atoms with Gasteiger partial charge in [0.15, 0.2) is 6.29 Å². The van der Waals surface area contributed by atoms with Crippen LogP contribution in [0.5, 0.6) is 0 Å². The van der Waals surface area contributed by atoms with Gasteiger partial charge < -0.3 is 29.7 Å². The molecule has 8 nitrogen and oxygen atoms in total. The van der Waals surface area contributed by atoms with E-state index in [4.69, 9.17) is 15.3 Å². The van der Waals surface area contributed by atoms with Gasteiger partial charge in [-0.1, -0.05) is 0 Å². The third-order valence-corrected chi connectivity index (χ3v) is 2.81. The Bertz CT molecular complexity index is 303. The average molecular weight is 310 g/mol. The summed E-state index contributed by atoms with van der Waals surface area (Å²) in [6.45, 7) is 1.65. The molecule has 0 spiro atoms. The Balaban J connectivity index is 3.88. The maximum Gasteiger partial charge on any atom is 0.335 e. The number of nitrogens with zero attached hydrogens (tertiary/aromatic N) is 1. The lowest BCUT2D eigenvalue weighted by molar-refractivity contribution is -0.143. The highest BCUT2D eigenvalue weighted by molar-refractivity contribution is 7.75. The lowest BCUT2D eigenvalue weighted by atomic mass is 10.2. The number of carbonyl (C=O) groups excluding carboxylic acids is 1. The molecule has 0 bridgehead atoms. The van der Waals surface area contributed by atoms with Crippen LogP contribution in [-0.4, -0.2) is 71.2 Å². The van der Waals surface area contributed by atoms with Crippen LogP contribution in [0.25, 0.3) is 0 Å². The molecule has 0 fully saturated rings. The van der Waals surface area contributed by atoms with Gasteiger partial charge >= 0.3 is 11.9 Å². The SMILES string of the molecule is CN(CCCNC(CC(=O)O)C(=O)OS)CCC(O)O. The Morgan fingerprint density at radius 1 is 1.35 bits per heavy atom. The van der Waals surface area contributed by atoms with E-state index in [2.05, 4.69) is 22.4 Å². The van der Waals surface area contributed by atoms with Gasteiger partial charge in [0.05, 0.1) is 6.42 Å². The Morgan fingerprint density at radius 3 is 2.50 bits per heavy atom. The number of nitrogens with one attached hydrogen (secondary N) is 1. The minimum absolute atomic E-state index is 0.261.